The Morgan fingerprint density at radius 2 is 2.25 bits per heavy atom. The predicted octanol–water partition coefficient (Wildman–Crippen LogP) is 3.34. The fourth-order valence-electron chi connectivity index (χ4n) is 1.45. The Bertz CT molecular complexity index is 418. The molecule has 1 fully saturated rings. The third kappa shape index (κ3) is 2.68. The molecule has 0 radical (unpaired) electrons. The van der Waals surface area contributed by atoms with Crippen molar-refractivity contribution in [1.29, 1.82) is 0 Å². The van der Waals surface area contributed by atoms with E-state index in [0.717, 1.165) is 17.3 Å². The molecule has 1 aliphatic rings. The molecule has 86 valence electrons. The molecule has 0 heterocycles. The van der Waals surface area contributed by atoms with Gasteiger partial charge < -0.3 is 9.84 Å². The van der Waals surface area contributed by atoms with E-state index in [1.54, 1.807) is 18.2 Å². The minimum Gasteiger partial charge on any atom is -0.478 e. The highest BCUT2D eigenvalue weighted by Crippen LogP contribution is 2.37. The van der Waals surface area contributed by atoms with E-state index in [9.17, 15) is 4.79 Å². The Kier molecular flexibility index (Phi) is 3.40. The molecule has 3 nitrogen and oxygen atoms in total. The number of ether oxygens (including phenoxy) is 1. The summed E-state index contributed by atoms with van der Waals surface area (Å²) in [7, 11) is 0. The van der Waals surface area contributed by atoms with Crippen molar-refractivity contribution in [3.05, 3.63) is 27.7 Å². The Hall–Kier alpha value is -0.740. The van der Waals surface area contributed by atoms with Crippen molar-refractivity contribution in [1.82, 2.24) is 0 Å². The van der Waals surface area contributed by atoms with Gasteiger partial charge in [0.1, 0.15) is 5.75 Å². The Morgan fingerprint density at radius 3 is 2.75 bits per heavy atom. The van der Waals surface area contributed by atoms with Gasteiger partial charge in [-0.25, -0.2) is 4.79 Å². The molecule has 1 unspecified atom stereocenters. The summed E-state index contributed by atoms with van der Waals surface area (Å²) in [4.78, 5) is 11.0. The fraction of sp³-hybridized carbons (Fsp3) is 0.364. The summed E-state index contributed by atoms with van der Waals surface area (Å²) in [6.07, 6.45) is 1.04. The van der Waals surface area contributed by atoms with E-state index >= 15 is 0 Å². The molecule has 0 aromatic heterocycles. The summed E-state index contributed by atoms with van der Waals surface area (Å²) in [5, 5.41) is 9.43. The first kappa shape index (κ1) is 11.7. The molecule has 5 heteroatoms. The number of carboxylic acids is 1. The van der Waals surface area contributed by atoms with Gasteiger partial charge in [0.15, 0.2) is 6.10 Å². The van der Waals surface area contributed by atoms with Crippen LogP contribution >= 0.6 is 27.5 Å². The standard InChI is InChI=1S/C11H10BrClO3/c12-7-3-4-9(8(13)5-7)16-10(11(14)15)6-1-2-6/h3-6,10H,1-2H2,(H,14,15). The number of hydrogen-bond acceptors (Lipinski definition) is 2. The molecule has 1 atom stereocenters. The van der Waals surface area contributed by atoms with Crippen LogP contribution in [-0.4, -0.2) is 17.2 Å². The summed E-state index contributed by atoms with van der Waals surface area (Å²) in [6, 6.07) is 5.13. The Labute approximate surface area is 106 Å². The Morgan fingerprint density at radius 1 is 1.56 bits per heavy atom. The van der Waals surface area contributed by atoms with Crippen LogP contribution in [0, 0.1) is 5.92 Å². The van der Waals surface area contributed by atoms with Crippen molar-refractivity contribution in [3.8, 4) is 5.75 Å². The van der Waals surface area contributed by atoms with Gasteiger partial charge in [-0.3, -0.25) is 0 Å². The largest absolute Gasteiger partial charge is 0.478 e. The van der Waals surface area contributed by atoms with Gasteiger partial charge in [-0.05, 0) is 31.0 Å². The molecule has 0 aliphatic heterocycles. The Balaban J connectivity index is 2.15. The van der Waals surface area contributed by atoms with Gasteiger partial charge in [-0.1, -0.05) is 27.5 Å². The first-order valence-corrected chi connectivity index (χ1v) is 6.09. The average Bonchev–Trinajstić information content (AvgIpc) is 2.99. The van der Waals surface area contributed by atoms with E-state index in [0.29, 0.717) is 10.8 Å². The van der Waals surface area contributed by atoms with Crippen molar-refractivity contribution in [2.75, 3.05) is 0 Å². The van der Waals surface area contributed by atoms with Gasteiger partial charge in [-0.2, -0.15) is 0 Å². The summed E-state index contributed by atoms with van der Waals surface area (Å²) in [5.74, 6) is -0.386. The van der Waals surface area contributed by atoms with E-state index in [1.165, 1.54) is 0 Å². The number of aliphatic carboxylic acids is 1. The first-order valence-electron chi connectivity index (χ1n) is 4.92. The quantitative estimate of drug-likeness (QED) is 0.928. The van der Waals surface area contributed by atoms with Crippen molar-refractivity contribution in [2.24, 2.45) is 5.92 Å². The van der Waals surface area contributed by atoms with Crippen molar-refractivity contribution in [3.63, 3.8) is 0 Å². The summed E-state index contributed by atoms with van der Waals surface area (Å²) in [5.41, 5.74) is 0. The second-order valence-electron chi connectivity index (χ2n) is 3.79. The number of halogens is 2. The maximum Gasteiger partial charge on any atom is 0.345 e. The van der Waals surface area contributed by atoms with Crippen LogP contribution in [0.15, 0.2) is 22.7 Å². The molecule has 0 spiro atoms. The van der Waals surface area contributed by atoms with Gasteiger partial charge in [0.2, 0.25) is 0 Å². The maximum atomic E-state index is 11.0. The zero-order valence-corrected chi connectivity index (χ0v) is 10.7. The lowest BCUT2D eigenvalue weighted by Gasteiger charge is -2.15. The molecule has 1 saturated carbocycles. The molecule has 1 aliphatic carbocycles. The third-order valence-corrected chi connectivity index (χ3v) is 3.23. The molecule has 0 saturated heterocycles. The highest BCUT2D eigenvalue weighted by atomic mass is 79.9. The van der Waals surface area contributed by atoms with Crippen LogP contribution in [-0.2, 0) is 4.79 Å². The number of benzene rings is 1. The van der Waals surface area contributed by atoms with E-state index < -0.39 is 12.1 Å². The van der Waals surface area contributed by atoms with Crippen LogP contribution in [0.2, 0.25) is 5.02 Å². The highest BCUT2D eigenvalue weighted by molar-refractivity contribution is 9.10. The van der Waals surface area contributed by atoms with Crippen LogP contribution in [0.4, 0.5) is 0 Å². The van der Waals surface area contributed by atoms with Crippen LogP contribution in [0.3, 0.4) is 0 Å². The van der Waals surface area contributed by atoms with Gasteiger partial charge >= 0.3 is 5.97 Å². The van der Waals surface area contributed by atoms with Crippen LogP contribution in [0.5, 0.6) is 5.75 Å². The van der Waals surface area contributed by atoms with Gasteiger partial charge in [0, 0.05) is 10.4 Å². The minimum absolute atomic E-state index is 0.122. The lowest BCUT2D eigenvalue weighted by Crippen LogP contribution is -2.29. The average molecular weight is 306 g/mol. The molecular weight excluding hydrogens is 295 g/mol. The van der Waals surface area contributed by atoms with Gasteiger partial charge in [-0.15, -0.1) is 0 Å². The lowest BCUT2D eigenvalue weighted by molar-refractivity contribution is -0.146. The number of hydrogen-bond donors (Lipinski definition) is 1. The number of carboxylic acid groups (broad SMARTS) is 1. The van der Waals surface area contributed by atoms with E-state index in [2.05, 4.69) is 15.9 Å². The summed E-state index contributed by atoms with van der Waals surface area (Å²) < 4.78 is 6.27. The predicted molar refractivity (Wildman–Crippen MR) is 63.9 cm³/mol. The third-order valence-electron chi connectivity index (χ3n) is 2.44. The zero-order chi connectivity index (χ0) is 11.7. The molecule has 1 N–H and O–H groups in total. The SMILES string of the molecule is O=C(O)C(Oc1ccc(Br)cc1Cl)C1CC1. The van der Waals surface area contributed by atoms with E-state index in [1.807, 2.05) is 0 Å². The van der Waals surface area contributed by atoms with E-state index in [4.69, 9.17) is 21.4 Å². The molecular formula is C11H10BrClO3. The number of carbonyl (C=O) groups is 1. The smallest absolute Gasteiger partial charge is 0.345 e. The molecule has 0 amide bonds. The molecule has 1 aromatic rings. The minimum atomic E-state index is -0.929. The topological polar surface area (TPSA) is 46.5 Å². The summed E-state index contributed by atoms with van der Waals surface area (Å²) >= 11 is 9.23. The fourth-order valence-corrected chi connectivity index (χ4v) is 2.17. The van der Waals surface area contributed by atoms with Crippen LogP contribution in [0.25, 0.3) is 0 Å². The second kappa shape index (κ2) is 4.63. The zero-order valence-electron chi connectivity index (χ0n) is 8.32. The first-order chi connectivity index (χ1) is 7.58. The highest BCUT2D eigenvalue weighted by Gasteiger charge is 2.38. The normalized spacial score (nSPS) is 16.9. The monoisotopic (exact) mass is 304 g/mol. The van der Waals surface area contributed by atoms with Crippen molar-refractivity contribution < 1.29 is 14.6 Å². The van der Waals surface area contributed by atoms with Gasteiger partial charge in [0.25, 0.3) is 0 Å². The van der Waals surface area contributed by atoms with E-state index in [-0.39, 0.29) is 5.92 Å². The van der Waals surface area contributed by atoms with Crippen LogP contribution in [0.1, 0.15) is 12.8 Å². The lowest BCUT2D eigenvalue weighted by atomic mass is 10.2. The maximum absolute atomic E-state index is 11.0. The van der Waals surface area contributed by atoms with Crippen LogP contribution < -0.4 is 4.74 Å². The van der Waals surface area contributed by atoms with Crippen molar-refractivity contribution >= 4 is 33.5 Å². The second-order valence-corrected chi connectivity index (χ2v) is 5.11. The molecule has 1 aromatic carbocycles. The summed E-state index contributed by atoms with van der Waals surface area (Å²) in [6.45, 7) is 0. The number of rotatable bonds is 4. The van der Waals surface area contributed by atoms with Gasteiger partial charge in [0.05, 0.1) is 5.02 Å². The van der Waals surface area contributed by atoms with Crippen molar-refractivity contribution in [2.45, 2.75) is 18.9 Å². The molecule has 16 heavy (non-hydrogen) atoms. The molecule has 2 rings (SSSR count). The molecule has 0 bridgehead atoms.